The summed E-state index contributed by atoms with van der Waals surface area (Å²) in [6, 6.07) is 4.82. The van der Waals surface area contributed by atoms with Crippen molar-refractivity contribution < 1.29 is 19.0 Å². The Hall–Kier alpha value is -2.37. The molecule has 1 aromatic carbocycles. The number of aryl methyl sites for hydroxylation is 2. The summed E-state index contributed by atoms with van der Waals surface area (Å²) in [7, 11) is 1.36. The fourth-order valence-electron chi connectivity index (χ4n) is 3.92. The fraction of sp³-hybridized carbons (Fsp3) is 0.474. The molecule has 1 aliphatic rings. The van der Waals surface area contributed by atoms with E-state index in [9.17, 15) is 14.3 Å². The molecule has 0 aliphatic heterocycles. The van der Waals surface area contributed by atoms with Crippen molar-refractivity contribution in [2.75, 3.05) is 7.11 Å². The molecule has 1 N–H and O–H groups in total. The molecule has 0 amide bonds. The fourth-order valence-corrected chi connectivity index (χ4v) is 3.92. The number of carbonyl (C=O) groups is 1. The number of carbonyl (C=O) groups excluding carboxylic acids is 1. The zero-order chi connectivity index (χ0) is 18.2. The molecule has 0 saturated carbocycles. The summed E-state index contributed by atoms with van der Waals surface area (Å²) in [5.41, 5.74) is 1.78. The van der Waals surface area contributed by atoms with Gasteiger partial charge in [0.15, 0.2) is 0 Å². The van der Waals surface area contributed by atoms with E-state index in [0.29, 0.717) is 43.4 Å². The highest BCUT2D eigenvalue weighted by molar-refractivity contribution is 5.84. The molecule has 1 aliphatic carbocycles. The molecule has 1 unspecified atom stereocenters. The average Bonchev–Trinajstić information content (AvgIpc) is 2.80. The van der Waals surface area contributed by atoms with Crippen molar-refractivity contribution in [2.45, 2.75) is 51.5 Å². The Morgan fingerprint density at radius 3 is 2.80 bits per heavy atom. The summed E-state index contributed by atoms with van der Waals surface area (Å²) in [5, 5.41) is 14.8. The number of aromatic nitrogens is 2. The molecule has 0 radical (unpaired) electrons. The first-order valence-electron chi connectivity index (χ1n) is 8.56. The van der Waals surface area contributed by atoms with Gasteiger partial charge in [0.2, 0.25) is 5.88 Å². The monoisotopic (exact) mass is 346 g/mol. The Morgan fingerprint density at radius 1 is 1.40 bits per heavy atom. The number of hydrogen-bond donors (Lipinski definition) is 1. The van der Waals surface area contributed by atoms with E-state index in [1.807, 2.05) is 6.92 Å². The van der Waals surface area contributed by atoms with E-state index in [1.165, 1.54) is 13.2 Å². The Morgan fingerprint density at radius 2 is 2.12 bits per heavy atom. The quantitative estimate of drug-likeness (QED) is 0.685. The lowest BCUT2D eigenvalue weighted by Crippen LogP contribution is -2.38. The van der Waals surface area contributed by atoms with Crippen LogP contribution in [0.3, 0.4) is 0 Å². The highest BCUT2D eigenvalue weighted by atomic mass is 19.1. The Balaban J connectivity index is 2.07. The van der Waals surface area contributed by atoms with Crippen LogP contribution in [0.15, 0.2) is 18.2 Å². The summed E-state index contributed by atoms with van der Waals surface area (Å²) in [4.78, 5) is 12.8. The van der Waals surface area contributed by atoms with E-state index in [4.69, 9.17) is 4.74 Å². The summed E-state index contributed by atoms with van der Waals surface area (Å²) >= 11 is 0. The van der Waals surface area contributed by atoms with E-state index < -0.39 is 5.41 Å². The Labute approximate surface area is 146 Å². The molecule has 25 heavy (non-hydrogen) atoms. The number of halogens is 1. The lowest BCUT2D eigenvalue weighted by Gasteiger charge is -2.31. The third kappa shape index (κ3) is 2.69. The van der Waals surface area contributed by atoms with Gasteiger partial charge in [-0.15, -0.1) is 0 Å². The first-order chi connectivity index (χ1) is 11.9. The lowest BCUT2D eigenvalue weighted by atomic mass is 9.72. The van der Waals surface area contributed by atoms with Crippen molar-refractivity contribution in [1.82, 2.24) is 9.78 Å². The Kier molecular flexibility index (Phi) is 4.54. The largest absolute Gasteiger partial charge is 0.493 e. The highest BCUT2D eigenvalue weighted by Gasteiger charge is 2.44. The van der Waals surface area contributed by atoms with Crippen LogP contribution in [0.1, 0.15) is 42.1 Å². The molecule has 0 fully saturated rings. The second-order valence-corrected chi connectivity index (χ2v) is 6.55. The van der Waals surface area contributed by atoms with Gasteiger partial charge in [0.05, 0.1) is 18.2 Å². The van der Waals surface area contributed by atoms with E-state index in [1.54, 1.807) is 23.7 Å². The number of hydrogen-bond acceptors (Lipinski definition) is 4. The van der Waals surface area contributed by atoms with Crippen LogP contribution in [0.2, 0.25) is 0 Å². The summed E-state index contributed by atoms with van der Waals surface area (Å²) < 4.78 is 20.8. The van der Waals surface area contributed by atoms with Gasteiger partial charge < -0.3 is 9.84 Å². The first-order valence-corrected chi connectivity index (χ1v) is 8.56. The molecular formula is C19H23FN2O3. The predicted octanol–water partition coefficient (Wildman–Crippen LogP) is 3.05. The van der Waals surface area contributed by atoms with Gasteiger partial charge in [0, 0.05) is 12.1 Å². The smallest absolute Gasteiger partial charge is 0.316 e. The maximum Gasteiger partial charge on any atom is 0.316 e. The molecule has 0 bridgehead atoms. The van der Waals surface area contributed by atoms with Gasteiger partial charge in [-0.3, -0.25) is 4.79 Å². The van der Waals surface area contributed by atoms with Gasteiger partial charge >= 0.3 is 5.97 Å². The number of rotatable bonds is 3. The van der Waals surface area contributed by atoms with Crippen molar-refractivity contribution >= 4 is 5.97 Å². The van der Waals surface area contributed by atoms with E-state index in [0.717, 1.165) is 11.3 Å². The minimum absolute atomic E-state index is 0.161. The summed E-state index contributed by atoms with van der Waals surface area (Å²) in [6.07, 6.45) is 1.93. The van der Waals surface area contributed by atoms with Crippen LogP contribution < -0.4 is 0 Å². The van der Waals surface area contributed by atoms with Crippen molar-refractivity contribution in [3.63, 3.8) is 0 Å². The second kappa shape index (κ2) is 6.50. The molecule has 1 heterocycles. The summed E-state index contributed by atoms with van der Waals surface area (Å²) in [6.45, 7) is 4.19. The van der Waals surface area contributed by atoms with Crippen LogP contribution >= 0.6 is 0 Å². The molecule has 2 aromatic rings. The van der Waals surface area contributed by atoms with Gasteiger partial charge in [0.1, 0.15) is 5.82 Å². The van der Waals surface area contributed by atoms with E-state index in [-0.39, 0.29) is 17.7 Å². The number of nitrogens with zero attached hydrogens (tertiary/aromatic N) is 2. The van der Waals surface area contributed by atoms with Crippen LogP contribution in [-0.4, -0.2) is 28.0 Å². The first kappa shape index (κ1) is 17.5. The van der Waals surface area contributed by atoms with Crippen LogP contribution in [0, 0.1) is 12.7 Å². The molecule has 0 saturated heterocycles. The van der Waals surface area contributed by atoms with Gasteiger partial charge in [-0.05, 0) is 56.7 Å². The van der Waals surface area contributed by atoms with Gasteiger partial charge in [-0.25, -0.2) is 9.07 Å². The summed E-state index contributed by atoms with van der Waals surface area (Å²) in [5.74, 6) is -0.537. The number of aromatic hydroxyl groups is 1. The molecule has 5 nitrogen and oxygen atoms in total. The topological polar surface area (TPSA) is 64.3 Å². The van der Waals surface area contributed by atoms with Gasteiger partial charge in [0.25, 0.3) is 0 Å². The molecule has 6 heteroatoms. The predicted molar refractivity (Wildman–Crippen MR) is 91.0 cm³/mol. The molecule has 1 atom stereocenters. The number of esters is 1. The molecule has 3 rings (SSSR count). The van der Waals surface area contributed by atoms with Crippen LogP contribution in [0.5, 0.6) is 5.88 Å². The number of fused-ring (bicyclic) bond motifs is 1. The van der Waals surface area contributed by atoms with Crippen LogP contribution in [-0.2, 0) is 34.3 Å². The molecule has 134 valence electrons. The average molecular weight is 346 g/mol. The number of ether oxygens (including phenoxy) is 1. The number of methoxy groups -OCH3 is 1. The minimum Gasteiger partial charge on any atom is -0.493 e. The van der Waals surface area contributed by atoms with Crippen molar-refractivity contribution in [2.24, 2.45) is 0 Å². The lowest BCUT2D eigenvalue weighted by molar-refractivity contribution is -0.148. The van der Waals surface area contributed by atoms with Crippen LogP contribution in [0.4, 0.5) is 4.39 Å². The molecular weight excluding hydrogens is 323 g/mol. The van der Waals surface area contributed by atoms with Crippen LogP contribution in [0.25, 0.3) is 0 Å². The zero-order valence-electron chi connectivity index (χ0n) is 14.8. The van der Waals surface area contributed by atoms with E-state index >= 15 is 0 Å². The molecule has 0 spiro atoms. The standard InChI is InChI=1S/C19H23FN2O3/c1-4-22-17(23)13-8-10-19(18(24)25-3,11-9-16(13)21-22)14-6-5-7-15(20)12(14)2/h5-7,23H,4,8-11H2,1-3H3. The van der Waals surface area contributed by atoms with Gasteiger partial charge in [-0.2, -0.15) is 5.10 Å². The molecule has 1 aromatic heterocycles. The number of benzene rings is 1. The van der Waals surface area contributed by atoms with E-state index in [2.05, 4.69) is 5.10 Å². The van der Waals surface area contributed by atoms with Crippen molar-refractivity contribution in [1.29, 1.82) is 0 Å². The van der Waals surface area contributed by atoms with Gasteiger partial charge in [-0.1, -0.05) is 12.1 Å². The minimum atomic E-state index is -0.932. The highest BCUT2D eigenvalue weighted by Crippen LogP contribution is 2.42. The Bertz CT molecular complexity index is 815. The third-order valence-electron chi connectivity index (χ3n) is 5.35. The normalized spacial score (nSPS) is 20.0. The maximum atomic E-state index is 14.1. The maximum absolute atomic E-state index is 14.1. The SMILES string of the molecule is CCn1nc2c(c1O)CCC(C(=O)OC)(c1cccc(F)c1C)CC2. The zero-order valence-corrected chi connectivity index (χ0v) is 14.8. The van der Waals surface area contributed by atoms with Crippen molar-refractivity contribution in [3.05, 3.63) is 46.4 Å². The van der Waals surface area contributed by atoms with Crippen molar-refractivity contribution in [3.8, 4) is 5.88 Å². The second-order valence-electron chi connectivity index (χ2n) is 6.55. The third-order valence-corrected chi connectivity index (χ3v) is 5.35.